The number of hydrogen-bond donors (Lipinski definition) is 0. The SMILES string of the molecule is Cc1c(C=O)c(SCCOCC#CF)c2ccccc2c1N1C(=O)C=CC1=O. The second-order valence-corrected chi connectivity index (χ2v) is 7.00. The Kier molecular flexibility index (Phi) is 6.24. The number of aldehydes is 1. The number of benzene rings is 2. The second-order valence-electron chi connectivity index (χ2n) is 5.90. The van der Waals surface area contributed by atoms with Crippen molar-refractivity contribution < 1.29 is 23.5 Å². The quantitative estimate of drug-likeness (QED) is 0.236. The molecular formula is C21H16FNO4S. The Bertz CT molecular complexity index is 1030. The molecule has 3 rings (SSSR count). The number of amides is 2. The van der Waals surface area contributed by atoms with Crippen LogP contribution in [0.3, 0.4) is 0 Å². The van der Waals surface area contributed by atoms with Gasteiger partial charge in [-0.1, -0.05) is 24.3 Å². The molecule has 1 aliphatic rings. The molecule has 1 heterocycles. The second kappa shape index (κ2) is 8.83. The standard InChI is InChI=1S/C21H16FNO4S/c1-14-17(13-24)21(28-12-11-27-10-4-9-22)16-6-3-2-5-15(16)20(14)23-18(25)7-8-19(23)26/h2-3,5-8,13H,10-12H2,1H3. The third-order valence-corrected chi connectivity index (χ3v) is 5.40. The number of halogens is 1. The maximum absolute atomic E-state index is 12.2. The van der Waals surface area contributed by atoms with Crippen LogP contribution in [0.2, 0.25) is 0 Å². The lowest BCUT2D eigenvalue weighted by Crippen LogP contribution is -2.30. The van der Waals surface area contributed by atoms with Crippen LogP contribution in [0.25, 0.3) is 10.8 Å². The van der Waals surface area contributed by atoms with Crippen LogP contribution in [0.4, 0.5) is 10.1 Å². The van der Waals surface area contributed by atoms with E-state index in [-0.39, 0.29) is 6.61 Å². The summed E-state index contributed by atoms with van der Waals surface area (Å²) in [7, 11) is 0. The molecule has 2 aromatic carbocycles. The number of carbonyl (C=O) groups excluding carboxylic acids is 3. The van der Waals surface area contributed by atoms with Gasteiger partial charge in [-0.3, -0.25) is 14.4 Å². The first-order valence-electron chi connectivity index (χ1n) is 8.45. The van der Waals surface area contributed by atoms with Gasteiger partial charge in [-0.05, 0) is 23.8 Å². The van der Waals surface area contributed by atoms with Crippen LogP contribution in [0.5, 0.6) is 0 Å². The van der Waals surface area contributed by atoms with Crippen molar-refractivity contribution >= 4 is 46.3 Å². The summed E-state index contributed by atoms with van der Waals surface area (Å²) in [6, 6.07) is 7.32. The van der Waals surface area contributed by atoms with Crippen molar-refractivity contribution in [3.63, 3.8) is 0 Å². The van der Waals surface area contributed by atoms with Crippen molar-refractivity contribution in [1.82, 2.24) is 0 Å². The Labute approximate surface area is 165 Å². The molecule has 2 amide bonds. The number of anilines is 1. The van der Waals surface area contributed by atoms with E-state index >= 15 is 0 Å². The Morgan fingerprint density at radius 3 is 2.50 bits per heavy atom. The molecule has 0 N–H and O–H groups in total. The molecule has 1 aliphatic heterocycles. The van der Waals surface area contributed by atoms with E-state index < -0.39 is 11.8 Å². The zero-order chi connectivity index (χ0) is 20.1. The van der Waals surface area contributed by atoms with Crippen LogP contribution in [0.15, 0.2) is 41.3 Å². The lowest BCUT2D eigenvalue weighted by Gasteiger charge is -2.23. The third-order valence-electron chi connectivity index (χ3n) is 4.30. The molecule has 142 valence electrons. The van der Waals surface area contributed by atoms with Gasteiger partial charge in [-0.25, -0.2) is 4.90 Å². The molecule has 0 unspecified atom stereocenters. The molecule has 0 bridgehead atoms. The predicted molar refractivity (Wildman–Crippen MR) is 106 cm³/mol. The highest BCUT2D eigenvalue weighted by atomic mass is 32.2. The van der Waals surface area contributed by atoms with E-state index in [9.17, 15) is 18.8 Å². The molecular weight excluding hydrogens is 381 g/mol. The molecule has 0 fully saturated rings. The summed E-state index contributed by atoms with van der Waals surface area (Å²) in [5.41, 5.74) is 1.41. The van der Waals surface area contributed by atoms with E-state index in [4.69, 9.17) is 4.74 Å². The van der Waals surface area contributed by atoms with E-state index in [1.54, 1.807) is 6.92 Å². The van der Waals surface area contributed by atoms with E-state index in [1.165, 1.54) is 30.1 Å². The van der Waals surface area contributed by atoms with Crippen LogP contribution < -0.4 is 4.90 Å². The first-order chi connectivity index (χ1) is 13.6. The minimum Gasteiger partial charge on any atom is -0.368 e. The highest BCUT2D eigenvalue weighted by Crippen LogP contribution is 2.41. The molecule has 7 heteroatoms. The summed E-state index contributed by atoms with van der Waals surface area (Å²) in [5.74, 6) is 1.84. The molecule has 0 spiro atoms. The number of thioether (sulfide) groups is 1. The Balaban J connectivity index is 2.04. The van der Waals surface area contributed by atoms with E-state index in [0.29, 0.717) is 34.6 Å². The molecule has 5 nitrogen and oxygen atoms in total. The van der Waals surface area contributed by atoms with E-state index in [0.717, 1.165) is 21.5 Å². The van der Waals surface area contributed by atoms with Gasteiger partial charge in [0.05, 0.1) is 12.3 Å². The molecule has 0 aromatic heterocycles. The van der Waals surface area contributed by atoms with Crippen LogP contribution >= 0.6 is 11.8 Å². The van der Waals surface area contributed by atoms with Crippen molar-refractivity contribution in [2.24, 2.45) is 0 Å². The molecule has 0 atom stereocenters. The zero-order valence-corrected chi connectivity index (χ0v) is 15.8. The zero-order valence-electron chi connectivity index (χ0n) is 15.0. The summed E-state index contributed by atoms with van der Waals surface area (Å²) in [6.07, 6.45) is 4.45. The molecule has 2 aromatic rings. The summed E-state index contributed by atoms with van der Waals surface area (Å²) in [5, 5.41) is 1.48. The summed E-state index contributed by atoms with van der Waals surface area (Å²) in [4.78, 5) is 38.2. The van der Waals surface area contributed by atoms with Gasteiger partial charge in [0.15, 0.2) is 6.29 Å². The molecule has 0 saturated heterocycles. The topological polar surface area (TPSA) is 63.7 Å². The summed E-state index contributed by atoms with van der Waals surface area (Å²) in [6.45, 7) is 2.06. The predicted octanol–water partition coefficient (Wildman–Crippen LogP) is 3.43. The van der Waals surface area contributed by atoms with Crippen LogP contribution in [-0.4, -0.2) is 37.1 Å². The van der Waals surface area contributed by atoms with Gasteiger partial charge in [0, 0.05) is 33.8 Å². The van der Waals surface area contributed by atoms with Gasteiger partial charge < -0.3 is 4.74 Å². The normalized spacial score (nSPS) is 13.1. The smallest absolute Gasteiger partial charge is 0.258 e. The first kappa shape index (κ1) is 19.8. The fraction of sp³-hybridized carbons (Fsp3) is 0.190. The van der Waals surface area contributed by atoms with Gasteiger partial charge in [-0.15, -0.1) is 16.2 Å². The largest absolute Gasteiger partial charge is 0.368 e. The van der Waals surface area contributed by atoms with Crippen LogP contribution in [0, 0.1) is 19.0 Å². The van der Waals surface area contributed by atoms with Gasteiger partial charge in [0.2, 0.25) is 0 Å². The Hall–Kier alpha value is -2.95. The number of ether oxygens (including phenoxy) is 1. The van der Waals surface area contributed by atoms with Gasteiger partial charge in [0.1, 0.15) is 12.8 Å². The first-order valence-corrected chi connectivity index (χ1v) is 9.44. The molecule has 28 heavy (non-hydrogen) atoms. The fourth-order valence-corrected chi connectivity index (χ4v) is 4.19. The summed E-state index contributed by atoms with van der Waals surface area (Å²) < 4.78 is 17.0. The Morgan fingerprint density at radius 1 is 1.18 bits per heavy atom. The van der Waals surface area contributed by atoms with Crippen molar-refractivity contribution in [2.75, 3.05) is 23.9 Å². The van der Waals surface area contributed by atoms with Gasteiger partial charge >= 0.3 is 0 Å². The van der Waals surface area contributed by atoms with Crippen molar-refractivity contribution in [3.8, 4) is 12.1 Å². The number of imide groups is 1. The molecule has 0 aliphatic carbocycles. The fourth-order valence-electron chi connectivity index (χ4n) is 3.09. The number of rotatable bonds is 7. The number of hydrogen-bond acceptors (Lipinski definition) is 5. The van der Waals surface area contributed by atoms with Crippen LogP contribution in [-0.2, 0) is 14.3 Å². The van der Waals surface area contributed by atoms with E-state index in [2.05, 4.69) is 5.92 Å². The minimum absolute atomic E-state index is 0.00247. The van der Waals surface area contributed by atoms with E-state index in [1.807, 2.05) is 24.3 Å². The van der Waals surface area contributed by atoms with Crippen LogP contribution in [0.1, 0.15) is 15.9 Å². The average molecular weight is 397 g/mol. The number of fused-ring (bicyclic) bond motifs is 1. The maximum atomic E-state index is 12.2. The third kappa shape index (κ3) is 3.70. The monoisotopic (exact) mass is 397 g/mol. The highest BCUT2D eigenvalue weighted by Gasteiger charge is 2.30. The lowest BCUT2D eigenvalue weighted by atomic mass is 9.98. The van der Waals surface area contributed by atoms with Crippen molar-refractivity contribution in [2.45, 2.75) is 11.8 Å². The highest BCUT2D eigenvalue weighted by molar-refractivity contribution is 7.99. The number of carbonyl (C=O) groups is 3. The molecule has 0 radical (unpaired) electrons. The number of nitrogens with zero attached hydrogens (tertiary/aromatic N) is 1. The van der Waals surface area contributed by atoms with Gasteiger partial charge in [-0.2, -0.15) is 0 Å². The van der Waals surface area contributed by atoms with Crippen molar-refractivity contribution in [1.29, 1.82) is 0 Å². The minimum atomic E-state index is -0.433. The maximum Gasteiger partial charge on any atom is 0.258 e. The average Bonchev–Trinajstić information content (AvgIpc) is 3.03. The van der Waals surface area contributed by atoms with Crippen molar-refractivity contribution in [3.05, 3.63) is 47.5 Å². The van der Waals surface area contributed by atoms with Gasteiger partial charge in [0.25, 0.3) is 11.8 Å². The lowest BCUT2D eigenvalue weighted by molar-refractivity contribution is -0.119. The Morgan fingerprint density at radius 2 is 1.86 bits per heavy atom. The summed E-state index contributed by atoms with van der Waals surface area (Å²) >= 11 is 1.42. The molecule has 0 saturated carbocycles.